The van der Waals surface area contributed by atoms with Crippen LogP contribution >= 0.6 is 0 Å². The first kappa shape index (κ1) is 12.4. The monoisotopic (exact) mass is 246 g/mol. The number of anilines is 1. The van der Waals surface area contributed by atoms with E-state index in [0.29, 0.717) is 5.69 Å². The highest BCUT2D eigenvalue weighted by molar-refractivity contribution is 5.86. The summed E-state index contributed by atoms with van der Waals surface area (Å²) in [6.45, 7) is 5.70. The first-order valence-electron chi connectivity index (χ1n) is 6.02. The molecule has 1 aromatic heterocycles. The third-order valence-corrected chi connectivity index (χ3v) is 2.80. The Morgan fingerprint density at radius 3 is 2.78 bits per heavy atom. The Kier molecular flexibility index (Phi) is 3.23. The second kappa shape index (κ2) is 4.68. The third-order valence-electron chi connectivity index (χ3n) is 2.80. The van der Waals surface area contributed by atoms with Crippen molar-refractivity contribution in [1.29, 1.82) is 0 Å². The lowest BCUT2D eigenvalue weighted by Crippen LogP contribution is -2.36. The third kappa shape index (κ3) is 2.30. The summed E-state index contributed by atoms with van der Waals surface area (Å²) >= 11 is 0. The molecule has 2 aromatic rings. The molecule has 0 spiro atoms. The van der Waals surface area contributed by atoms with E-state index < -0.39 is 0 Å². The van der Waals surface area contributed by atoms with Gasteiger partial charge in [-0.25, -0.2) is 0 Å². The average Bonchev–Trinajstić information content (AvgIpc) is 2.69. The Bertz CT molecular complexity index is 573. The molecular weight excluding hydrogens is 228 g/mol. The molecule has 0 aliphatic carbocycles. The van der Waals surface area contributed by atoms with E-state index in [-0.39, 0.29) is 18.0 Å². The van der Waals surface area contributed by atoms with Gasteiger partial charge in [-0.05, 0) is 39.0 Å². The summed E-state index contributed by atoms with van der Waals surface area (Å²) in [5.74, 6) is -0.0441. The molecule has 1 amide bonds. The quantitative estimate of drug-likeness (QED) is 0.810. The van der Waals surface area contributed by atoms with Gasteiger partial charge in [0.25, 0.3) is 0 Å². The van der Waals surface area contributed by atoms with Crippen molar-refractivity contribution in [2.24, 2.45) is 0 Å². The van der Waals surface area contributed by atoms with Crippen LogP contribution in [0.2, 0.25) is 0 Å². The zero-order chi connectivity index (χ0) is 13.3. The van der Waals surface area contributed by atoms with Gasteiger partial charge in [0, 0.05) is 17.1 Å². The Morgan fingerprint density at radius 2 is 2.11 bits per heavy atom. The molecule has 0 aliphatic heterocycles. The molecule has 1 atom stereocenters. The van der Waals surface area contributed by atoms with E-state index in [2.05, 4.69) is 10.4 Å². The highest BCUT2D eigenvalue weighted by atomic mass is 16.2. The fraction of sp³-hybridized carbons (Fsp3) is 0.385. The van der Waals surface area contributed by atoms with Crippen LogP contribution in [-0.4, -0.2) is 21.7 Å². The number of hydrogen-bond donors (Lipinski definition) is 2. The molecule has 0 saturated heterocycles. The van der Waals surface area contributed by atoms with Crippen molar-refractivity contribution in [2.75, 3.05) is 5.73 Å². The lowest BCUT2D eigenvalue weighted by molar-refractivity contribution is -0.124. The van der Waals surface area contributed by atoms with Gasteiger partial charge >= 0.3 is 0 Å². The van der Waals surface area contributed by atoms with Crippen LogP contribution in [-0.2, 0) is 4.79 Å². The molecular formula is C13H18N4O. The lowest BCUT2D eigenvalue weighted by Gasteiger charge is -2.15. The summed E-state index contributed by atoms with van der Waals surface area (Å²) in [6, 6.07) is 5.33. The summed E-state index contributed by atoms with van der Waals surface area (Å²) in [7, 11) is 0. The number of nitrogens with two attached hydrogens (primary N) is 1. The van der Waals surface area contributed by atoms with Crippen molar-refractivity contribution in [3.8, 4) is 0 Å². The molecule has 2 rings (SSSR count). The number of carbonyl (C=O) groups is 1. The van der Waals surface area contributed by atoms with Gasteiger partial charge in [-0.3, -0.25) is 9.48 Å². The van der Waals surface area contributed by atoms with Gasteiger partial charge in [0.05, 0.1) is 11.7 Å². The number of nitrogen functional groups attached to an aromatic ring is 1. The van der Waals surface area contributed by atoms with Crippen LogP contribution in [0, 0.1) is 0 Å². The maximum atomic E-state index is 12.0. The van der Waals surface area contributed by atoms with Gasteiger partial charge in [0.15, 0.2) is 0 Å². The van der Waals surface area contributed by atoms with Crippen molar-refractivity contribution in [3.63, 3.8) is 0 Å². The highest BCUT2D eigenvalue weighted by Gasteiger charge is 2.18. The first-order valence-corrected chi connectivity index (χ1v) is 6.02. The van der Waals surface area contributed by atoms with Gasteiger partial charge in [-0.15, -0.1) is 0 Å². The smallest absolute Gasteiger partial charge is 0.244 e. The van der Waals surface area contributed by atoms with Crippen LogP contribution in [0.1, 0.15) is 26.8 Å². The Labute approximate surface area is 106 Å². The Hall–Kier alpha value is -2.04. The second-order valence-electron chi connectivity index (χ2n) is 4.75. The lowest BCUT2D eigenvalue weighted by atomic mass is 10.2. The van der Waals surface area contributed by atoms with Crippen molar-refractivity contribution in [2.45, 2.75) is 32.9 Å². The minimum atomic E-state index is -0.355. The fourth-order valence-electron chi connectivity index (χ4n) is 1.88. The topological polar surface area (TPSA) is 72.9 Å². The second-order valence-corrected chi connectivity index (χ2v) is 4.75. The number of carbonyl (C=O) groups excluding carboxylic acids is 1. The number of amides is 1. The van der Waals surface area contributed by atoms with E-state index in [1.165, 1.54) is 0 Å². The van der Waals surface area contributed by atoms with Gasteiger partial charge in [0.2, 0.25) is 5.91 Å². The minimum Gasteiger partial charge on any atom is -0.399 e. The van der Waals surface area contributed by atoms with Crippen LogP contribution < -0.4 is 11.1 Å². The molecule has 1 aromatic carbocycles. The molecule has 0 radical (unpaired) electrons. The first-order chi connectivity index (χ1) is 8.49. The molecule has 96 valence electrons. The normalized spacial score (nSPS) is 12.9. The molecule has 3 N–H and O–H groups in total. The SMILES string of the molecule is CC(C)NC(=O)C(C)n1ncc2ccc(N)cc21. The summed E-state index contributed by atoms with van der Waals surface area (Å²) in [6.07, 6.45) is 1.74. The fourth-order valence-corrected chi connectivity index (χ4v) is 1.88. The minimum absolute atomic E-state index is 0.0441. The van der Waals surface area contributed by atoms with Crippen LogP contribution in [0.25, 0.3) is 10.9 Å². The number of hydrogen-bond acceptors (Lipinski definition) is 3. The molecule has 0 fully saturated rings. The summed E-state index contributed by atoms with van der Waals surface area (Å²) in [5, 5.41) is 8.12. The molecule has 18 heavy (non-hydrogen) atoms. The van der Waals surface area contributed by atoms with Crippen molar-refractivity contribution in [3.05, 3.63) is 24.4 Å². The Balaban J connectivity index is 2.35. The van der Waals surface area contributed by atoms with Crippen molar-refractivity contribution < 1.29 is 4.79 Å². The number of fused-ring (bicyclic) bond motifs is 1. The zero-order valence-electron chi connectivity index (χ0n) is 10.8. The van der Waals surface area contributed by atoms with Gasteiger partial charge < -0.3 is 11.1 Å². The van der Waals surface area contributed by atoms with Gasteiger partial charge in [-0.1, -0.05) is 0 Å². The van der Waals surface area contributed by atoms with Crippen LogP contribution in [0.4, 0.5) is 5.69 Å². The van der Waals surface area contributed by atoms with E-state index in [1.807, 2.05) is 39.0 Å². The molecule has 5 nitrogen and oxygen atoms in total. The maximum absolute atomic E-state index is 12.0. The van der Waals surface area contributed by atoms with E-state index in [9.17, 15) is 4.79 Å². The molecule has 0 aliphatic rings. The predicted molar refractivity (Wildman–Crippen MR) is 72.1 cm³/mol. The van der Waals surface area contributed by atoms with E-state index >= 15 is 0 Å². The zero-order valence-corrected chi connectivity index (χ0v) is 10.8. The van der Waals surface area contributed by atoms with E-state index in [4.69, 9.17) is 5.73 Å². The van der Waals surface area contributed by atoms with E-state index in [0.717, 1.165) is 10.9 Å². The van der Waals surface area contributed by atoms with Crippen LogP contribution in [0.3, 0.4) is 0 Å². The van der Waals surface area contributed by atoms with Crippen molar-refractivity contribution in [1.82, 2.24) is 15.1 Å². The molecule has 1 unspecified atom stereocenters. The predicted octanol–water partition coefficient (Wildman–Crippen LogP) is 1.70. The summed E-state index contributed by atoms with van der Waals surface area (Å²) < 4.78 is 1.70. The van der Waals surface area contributed by atoms with Gasteiger partial charge in [0.1, 0.15) is 6.04 Å². The largest absolute Gasteiger partial charge is 0.399 e. The Morgan fingerprint density at radius 1 is 1.39 bits per heavy atom. The molecule has 5 heteroatoms. The van der Waals surface area contributed by atoms with E-state index in [1.54, 1.807) is 10.9 Å². The molecule has 1 heterocycles. The van der Waals surface area contributed by atoms with Crippen molar-refractivity contribution >= 4 is 22.5 Å². The summed E-state index contributed by atoms with van der Waals surface area (Å²) in [4.78, 5) is 12.0. The highest BCUT2D eigenvalue weighted by Crippen LogP contribution is 2.20. The number of nitrogens with one attached hydrogen (secondary N) is 1. The number of rotatable bonds is 3. The standard InChI is InChI=1S/C13H18N4O/c1-8(2)16-13(18)9(3)17-12-6-11(14)5-4-10(12)7-15-17/h4-9H,14H2,1-3H3,(H,16,18). The van der Waals surface area contributed by atoms with Gasteiger partial charge in [-0.2, -0.15) is 5.10 Å². The van der Waals surface area contributed by atoms with Crippen LogP contribution in [0.5, 0.6) is 0 Å². The molecule has 0 bridgehead atoms. The number of nitrogens with zero attached hydrogens (tertiary/aromatic N) is 2. The number of aromatic nitrogens is 2. The summed E-state index contributed by atoms with van der Waals surface area (Å²) in [5.41, 5.74) is 7.31. The van der Waals surface area contributed by atoms with Crippen LogP contribution in [0.15, 0.2) is 24.4 Å². The molecule has 0 saturated carbocycles. The average molecular weight is 246 g/mol. The maximum Gasteiger partial charge on any atom is 0.244 e. The number of benzene rings is 1.